The molecule has 0 aliphatic carbocycles. The third-order valence-corrected chi connectivity index (χ3v) is 3.05. The Kier molecular flexibility index (Phi) is 9.92. The highest BCUT2D eigenvalue weighted by molar-refractivity contribution is 5.85. The standard InChI is InChI=1S/C15H23N3O4.ClH/c1-11(2)9-12(10-16)17-15(19)7-8-22-14-6-4-3-5-13(14)18(20)21;/h3-6,11-12H,7-10,16H2,1-2H3,(H,17,19);1H. The Labute approximate surface area is 142 Å². The maximum absolute atomic E-state index is 11.8. The molecular weight excluding hydrogens is 322 g/mol. The molecule has 23 heavy (non-hydrogen) atoms. The van der Waals surface area contributed by atoms with E-state index >= 15 is 0 Å². The van der Waals surface area contributed by atoms with Crippen molar-refractivity contribution in [2.75, 3.05) is 13.2 Å². The van der Waals surface area contributed by atoms with Gasteiger partial charge in [-0.1, -0.05) is 26.0 Å². The molecular formula is C15H24ClN3O4. The van der Waals surface area contributed by atoms with Gasteiger partial charge in [0.25, 0.3) is 0 Å². The second-order valence-corrected chi connectivity index (χ2v) is 5.45. The molecule has 1 amide bonds. The van der Waals surface area contributed by atoms with Gasteiger partial charge in [-0.05, 0) is 18.4 Å². The molecule has 1 rings (SSSR count). The highest BCUT2D eigenvalue weighted by Crippen LogP contribution is 2.25. The number of nitrogens with two attached hydrogens (primary N) is 1. The monoisotopic (exact) mass is 345 g/mol. The zero-order valence-corrected chi connectivity index (χ0v) is 14.2. The minimum Gasteiger partial charge on any atom is -0.486 e. The number of hydrogen-bond donors (Lipinski definition) is 2. The van der Waals surface area contributed by atoms with Crippen molar-refractivity contribution in [3.63, 3.8) is 0 Å². The Morgan fingerprint density at radius 1 is 1.39 bits per heavy atom. The molecule has 0 bridgehead atoms. The molecule has 0 heterocycles. The number of nitrogens with zero attached hydrogens (tertiary/aromatic N) is 1. The summed E-state index contributed by atoms with van der Waals surface area (Å²) in [5.74, 6) is 0.435. The van der Waals surface area contributed by atoms with Crippen LogP contribution in [0.2, 0.25) is 0 Å². The van der Waals surface area contributed by atoms with Gasteiger partial charge in [0, 0.05) is 18.7 Å². The van der Waals surface area contributed by atoms with E-state index in [1.165, 1.54) is 12.1 Å². The SMILES string of the molecule is CC(C)CC(CN)NC(=O)CCOc1ccccc1[N+](=O)[O-].Cl. The van der Waals surface area contributed by atoms with Crippen LogP contribution in [0.25, 0.3) is 0 Å². The van der Waals surface area contributed by atoms with Crippen LogP contribution in [0.15, 0.2) is 24.3 Å². The van der Waals surface area contributed by atoms with Crippen LogP contribution in [-0.2, 0) is 4.79 Å². The lowest BCUT2D eigenvalue weighted by Gasteiger charge is -2.18. The van der Waals surface area contributed by atoms with Crippen molar-refractivity contribution in [3.05, 3.63) is 34.4 Å². The van der Waals surface area contributed by atoms with Gasteiger partial charge in [0.2, 0.25) is 5.91 Å². The van der Waals surface area contributed by atoms with Crippen molar-refractivity contribution in [1.29, 1.82) is 0 Å². The Balaban J connectivity index is 0.00000484. The number of rotatable bonds is 9. The highest BCUT2D eigenvalue weighted by atomic mass is 35.5. The lowest BCUT2D eigenvalue weighted by Crippen LogP contribution is -2.41. The van der Waals surface area contributed by atoms with Crippen LogP contribution in [0, 0.1) is 16.0 Å². The fourth-order valence-corrected chi connectivity index (χ4v) is 2.07. The third kappa shape index (κ3) is 7.80. The van der Waals surface area contributed by atoms with Gasteiger partial charge >= 0.3 is 5.69 Å². The minimum absolute atomic E-state index is 0. The summed E-state index contributed by atoms with van der Waals surface area (Å²) in [5, 5.41) is 13.7. The van der Waals surface area contributed by atoms with E-state index in [4.69, 9.17) is 10.5 Å². The zero-order chi connectivity index (χ0) is 16.5. The topological polar surface area (TPSA) is 107 Å². The predicted molar refractivity (Wildman–Crippen MR) is 90.9 cm³/mol. The average molecular weight is 346 g/mol. The Morgan fingerprint density at radius 2 is 2.04 bits per heavy atom. The highest BCUT2D eigenvalue weighted by Gasteiger charge is 2.15. The number of carbonyl (C=O) groups is 1. The fraction of sp³-hybridized carbons (Fsp3) is 0.533. The van der Waals surface area contributed by atoms with Gasteiger partial charge in [0.1, 0.15) is 0 Å². The molecule has 0 saturated carbocycles. The van der Waals surface area contributed by atoms with Gasteiger partial charge in [-0.3, -0.25) is 14.9 Å². The van der Waals surface area contributed by atoms with Crippen molar-refractivity contribution >= 4 is 24.0 Å². The molecule has 1 atom stereocenters. The Morgan fingerprint density at radius 3 is 2.61 bits per heavy atom. The molecule has 8 heteroatoms. The van der Waals surface area contributed by atoms with Gasteiger partial charge in [-0.15, -0.1) is 12.4 Å². The van der Waals surface area contributed by atoms with Crippen molar-refractivity contribution in [2.45, 2.75) is 32.7 Å². The van der Waals surface area contributed by atoms with Gasteiger partial charge in [-0.2, -0.15) is 0 Å². The summed E-state index contributed by atoms with van der Waals surface area (Å²) in [5.41, 5.74) is 5.51. The van der Waals surface area contributed by atoms with Crippen LogP contribution < -0.4 is 15.8 Å². The van der Waals surface area contributed by atoms with Crippen LogP contribution in [0.4, 0.5) is 5.69 Å². The van der Waals surface area contributed by atoms with E-state index in [-0.39, 0.29) is 48.8 Å². The first-order valence-corrected chi connectivity index (χ1v) is 7.29. The summed E-state index contributed by atoms with van der Waals surface area (Å²) in [6.45, 7) is 4.59. The van der Waals surface area contributed by atoms with Crippen molar-refractivity contribution < 1.29 is 14.5 Å². The number of ether oxygens (including phenoxy) is 1. The van der Waals surface area contributed by atoms with Crippen LogP contribution in [0.1, 0.15) is 26.7 Å². The van der Waals surface area contributed by atoms with Crippen LogP contribution in [0.3, 0.4) is 0 Å². The summed E-state index contributed by atoms with van der Waals surface area (Å²) < 4.78 is 5.33. The number of nitro groups is 1. The molecule has 1 unspecified atom stereocenters. The van der Waals surface area contributed by atoms with E-state index in [2.05, 4.69) is 19.2 Å². The van der Waals surface area contributed by atoms with E-state index in [0.717, 1.165) is 6.42 Å². The number of para-hydroxylation sites is 2. The summed E-state index contributed by atoms with van der Waals surface area (Å²) in [6.07, 6.45) is 0.938. The number of nitro benzene ring substituents is 1. The molecule has 0 aliphatic rings. The molecule has 0 radical (unpaired) electrons. The molecule has 7 nitrogen and oxygen atoms in total. The summed E-state index contributed by atoms with van der Waals surface area (Å²) in [6, 6.07) is 6.03. The molecule has 0 spiro atoms. The van der Waals surface area contributed by atoms with E-state index in [1.807, 2.05) is 0 Å². The molecule has 0 saturated heterocycles. The summed E-state index contributed by atoms with van der Waals surface area (Å²) in [4.78, 5) is 22.1. The minimum atomic E-state index is -0.511. The van der Waals surface area contributed by atoms with Crippen molar-refractivity contribution in [2.24, 2.45) is 11.7 Å². The van der Waals surface area contributed by atoms with Crippen LogP contribution >= 0.6 is 12.4 Å². The first-order chi connectivity index (χ1) is 10.4. The van der Waals surface area contributed by atoms with Crippen molar-refractivity contribution in [3.8, 4) is 5.75 Å². The third-order valence-electron chi connectivity index (χ3n) is 3.05. The molecule has 0 fully saturated rings. The first kappa shape index (κ1) is 21.1. The van der Waals surface area contributed by atoms with Crippen molar-refractivity contribution in [1.82, 2.24) is 5.32 Å². The normalized spacial score (nSPS) is 11.5. The van der Waals surface area contributed by atoms with Gasteiger partial charge < -0.3 is 15.8 Å². The second-order valence-electron chi connectivity index (χ2n) is 5.45. The van der Waals surface area contributed by atoms with Crippen LogP contribution in [-0.4, -0.2) is 30.0 Å². The van der Waals surface area contributed by atoms with E-state index in [0.29, 0.717) is 12.5 Å². The zero-order valence-electron chi connectivity index (χ0n) is 13.4. The number of amides is 1. The predicted octanol–water partition coefficient (Wildman–Crippen LogP) is 2.28. The smallest absolute Gasteiger partial charge is 0.310 e. The average Bonchev–Trinajstić information content (AvgIpc) is 2.46. The van der Waals surface area contributed by atoms with E-state index < -0.39 is 4.92 Å². The Bertz CT molecular complexity index is 511. The Hall–Kier alpha value is -1.86. The maximum Gasteiger partial charge on any atom is 0.310 e. The lowest BCUT2D eigenvalue weighted by atomic mass is 10.0. The number of hydrogen-bond acceptors (Lipinski definition) is 5. The fourth-order valence-electron chi connectivity index (χ4n) is 2.07. The van der Waals surface area contributed by atoms with Gasteiger partial charge in [0.15, 0.2) is 5.75 Å². The van der Waals surface area contributed by atoms with Gasteiger partial charge in [-0.25, -0.2) is 0 Å². The van der Waals surface area contributed by atoms with E-state index in [1.54, 1.807) is 12.1 Å². The molecule has 0 aromatic heterocycles. The second kappa shape index (κ2) is 10.8. The molecule has 3 N–H and O–H groups in total. The molecule has 1 aromatic rings. The summed E-state index contributed by atoms with van der Waals surface area (Å²) in [7, 11) is 0. The number of nitrogens with one attached hydrogen (secondary N) is 1. The van der Waals surface area contributed by atoms with Crippen LogP contribution in [0.5, 0.6) is 5.75 Å². The molecule has 1 aromatic carbocycles. The van der Waals surface area contributed by atoms with E-state index in [9.17, 15) is 14.9 Å². The number of halogens is 1. The lowest BCUT2D eigenvalue weighted by molar-refractivity contribution is -0.385. The maximum atomic E-state index is 11.8. The molecule has 130 valence electrons. The molecule has 0 aliphatic heterocycles. The van der Waals surface area contributed by atoms with Gasteiger partial charge in [0.05, 0.1) is 18.0 Å². The number of benzene rings is 1. The quantitative estimate of drug-likeness (QED) is 0.527. The largest absolute Gasteiger partial charge is 0.486 e. The first-order valence-electron chi connectivity index (χ1n) is 7.29. The number of carbonyl (C=O) groups excluding carboxylic acids is 1. The summed E-state index contributed by atoms with van der Waals surface area (Å²) >= 11 is 0.